The molecular formula is C19H21ClN2O. The summed E-state index contributed by atoms with van der Waals surface area (Å²) < 4.78 is 0. The maximum atomic E-state index is 13.1. The lowest BCUT2D eigenvalue weighted by Gasteiger charge is -2.28. The summed E-state index contributed by atoms with van der Waals surface area (Å²) in [5.74, 6) is 0.0592. The van der Waals surface area contributed by atoms with Crippen molar-refractivity contribution in [3.05, 3.63) is 72.3 Å². The third-order valence-corrected chi connectivity index (χ3v) is 3.85. The minimum Gasteiger partial charge on any atom is -0.302 e. The van der Waals surface area contributed by atoms with E-state index in [1.165, 1.54) is 0 Å². The van der Waals surface area contributed by atoms with Gasteiger partial charge in [-0.3, -0.25) is 9.69 Å². The van der Waals surface area contributed by atoms with Crippen LogP contribution in [0.15, 0.2) is 72.3 Å². The van der Waals surface area contributed by atoms with Crippen LogP contribution in [0.4, 0.5) is 11.4 Å². The van der Waals surface area contributed by atoms with Gasteiger partial charge in [0.1, 0.15) is 0 Å². The van der Waals surface area contributed by atoms with Crippen molar-refractivity contribution in [3.8, 4) is 0 Å². The Kier molecular flexibility index (Phi) is 5.97. The molecule has 3 rings (SSSR count). The van der Waals surface area contributed by atoms with Gasteiger partial charge in [0.2, 0.25) is 0 Å². The average molecular weight is 329 g/mol. The molecule has 1 heterocycles. The van der Waals surface area contributed by atoms with Crippen LogP contribution < -0.4 is 4.90 Å². The third-order valence-electron chi connectivity index (χ3n) is 3.85. The molecule has 0 spiro atoms. The summed E-state index contributed by atoms with van der Waals surface area (Å²) in [5.41, 5.74) is 2.65. The highest BCUT2D eigenvalue weighted by molar-refractivity contribution is 6.10. The summed E-state index contributed by atoms with van der Waals surface area (Å²) in [6.45, 7) is 1.71. The Hall–Kier alpha value is -2.10. The largest absolute Gasteiger partial charge is 0.302 e. The van der Waals surface area contributed by atoms with Crippen LogP contribution in [0, 0.1) is 0 Å². The van der Waals surface area contributed by atoms with Crippen molar-refractivity contribution in [1.29, 1.82) is 0 Å². The van der Waals surface area contributed by atoms with E-state index in [9.17, 15) is 4.79 Å². The number of carbonyl (C=O) groups is 1. The van der Waals surface area contributed by atoms with E-state index < -0.39 is 0 Å². The van der Waals surface area contributed by atoms with Crippen LogP contribution in [-0.4, -0.2) is 30.9 Å². The molecule has 0 unspecified atom stereocenters. The van der Waals surface area contributed by atoms with E-state index in [0.717, 1.165) is 29.9 Å². The minimum absolute atomic E-state index is 0. The van der Waals surface area contributed by atoms with Gasteiger partial charge in [0.15, 0.2) is 0 Å². The number of hydrogen-bond acceptors (Lipinski definition) is 2. The molecule has 2 aromatic rings. The summed E-state index contributed by atoms with van der Waals surface area (Å²) >= 11 is 0. The van der Waals surface area contributed by atoms with Crippen LogP contribution in [0.5, 0.6) is 0 Å². The number of para-hydroxylation sites is 2. The Morgan fingerprint density at radius 1 is 0.957 bits per heavy atom. The maximum absolute atomic E-state index is 13.1. The molecule has 0 bridgehead atoms. The molecule has 0 saturated carbocycles. The van der Waals surface area contributed by atoms with Crippen LogP contribution in [0.3, 0.4) is 0 Å². The number of carbonyl (C=O) groups excluding carboxylic acids is 1. The lowest BCUT2D eigenvalue weighted by atomic mass is 10.1. The van der Waals surface area contributed by atoms with E-state index in [0.29, 0.717) is 6.54 Å². The van der Waals surface area contributed by atoms with Crippen molar-refractivity contribution < 1.29 is 4.79 Å². The number of anilines is 2. The first-order valence-electron chi connectivity index (χ1n) is 7.58. The number of likely N-dealkylation sites (N-methyl/N-ethyl adjacent to an activating group) is 1. The fraction of sp³-hybridized carbons (Fsp3) is 0.211. The second-order valence-electron chi connectivity index (χ2n) is 5.57. The Labute approximate surface area is 143 Å². The summed E-state index contributed by atoms with van der Waals surface area (Å²) in [6.07, 6.45) is 3.00. The molecule has 0 aromatic heterocycles. The molecule has 0 radical (unpaired) electrons. The van der Waals surface area contributed by atoms with Crippen LogP contribution in [-0.2, 0) is 4.79 Å². The monoisotopic (exact) mass is 328 g/mol. The Morgan fingerprint density at radius 2 is 1.48 bits per heavy atom. The van der Waals surface area contributed by atoms with Crippen molar-refractivity contribution in [1.82, 2.24) is 4.90 Å². The van der Waals surface area contributed by atoms with Gasteiger partial charge in [-0.05, 0) is 37.7 Å². The summed E-state index contributed by atoms with van der Waals surface area (Å²) in [7, 11) is 2.05. The molecule has 0 N–H and O–H groups in total. The number of nitrogens with zero attached hydrogens (tertiary/aromatic N) is 2. The third kappa shape index (κ3) is 4.01. The van der Waals surface area contributed by atoms with Crippen LogP contribution in [0.2, 0.25) is 0 Å². The first-order chi connectivity index (χ1) is 10.8. The van der Waals surface area contributed by atoms with E-state index in [1.54, 1.807) is 4.90 Å². The lowest BCUT2D eigenvalue weighted by molar-refractivity contribution is -0.114. The number of amides is 1. The normalized spacial score (nSPS) is 14.6. The van der Waals surface area contributed by atoms with E-state index in [4.69, 9.17) is 0 Å². The zero-order valence-corrected chi connectivity index (χ0v) is 14.0. The summed E-state index contributed by atoms with van der Waals surface area (Å²) in [4.78, 5) is 17.1. The molecule has 1 aliphatic rings. The number of halogens is 1. The molecule has 1 aliphatic heterocycles. The van der Waals surface area contributed by atoms with Gasteiger partial charge in [-0.1, -0.05) is 42.5 Å². The summed E-state index contributed by atoms with van der Waals surface area (Å²) in [6, 6.07) is 19.6. The van der Waals surface area contributed by atoms with Crippen molar-refractivity contribution in [2.75, 3.05) is 25.0 Å². The highest BCUT2D eigenvalue weighted by Gasteiger charge is 2.23. The van der Waals surface area contributed by atoms with Crippen molar-refractivity contribution in [2.45, 2.75) is 6.42 Å². The molecule has 0 saturated heterocycles. The standard InChI is InChI=1S/C19H20N2O.ClH/c1-20-14-8-9-16(15-20)19(22)21(17-10-4-2-5-11-17)18-12-6-3-7-13-18;/h2-7,9-13H,8,14-15H2,1H3;1H. The number of rotatable bonds is 3. The molecular weight excluding hydrogens is 308 g/mol. The first kappa shape index (κ1) is 17.3. The zero-order chi connectivity index (χ0) is 15.4. The predicted molar refractivity (Wildman–Crippen MR) is 97.5 cm³/mol. The quantitative estimate of drug-likeness (QED) is 0.849. The second-order valence-corrected chi connectivity index (χ2v) is 5.57. The van der Waals surface area contributed by atoms with E-state index >= 15 is 0 Å². The van der Waals surface area contributed by atoms with Crippen LogP contribution in [0.25, 0.3) is 0 Å². The zero-order valence-electron chi connectivity index (χ0n) is 13.2. The summed E-state index contributed by atoms with van der Waals surface area (Å²) in [5, 5.41) is 0. The first-order valence-corrected chi connectivity index (χ1v) is 7.58. The minimum atomic E-state index is 0. The molecule has 120 valence electrons. The van der Waals surface area contributed by atoms with Crippen LogP contribution >= 0.6 is 12.4 Å². The Bertz CT molecular complexity index is 631. The lowest BCUT2D eigenvalue weighted by Crippen LogP contribution is -2.35. The number of hydrogen-bond donors (Lipinski definition) is 0. The molecule has 23 heavy (non-hydrogen) atoms. The van der Waals surface area contributed by atoms with Gasteiger partial charge >= 0.3 is 0 Å². The van der Waals surface area contributed by atoms with E-state index in [2.05, 4.69) is 18.0 Å². The molecule has 0 fully saturated rings. The fourth-order valence-corrected chi connectivity index (χ4v) is 2.73. The molecule has 0 atom stereocenters. The van der Waals surface area contributed by atoms with Gasteiger partial charge in [0, 0.05) is 30.0 Å². The van der Waals surface area contributed by atoms with Gasteiger partial charge in [-0.15, -0.1) is 12.4 Å². The van der Waals surface area contributed by atoms with Crippen molar-refractivity contribution in [2.24, 2.45) is 0 Å². The molecule has 0 aliphatic carbocycles. The molecule has 3 nitrogen and oxygen atoms in total. The highest BCUT2D eigenvalue weighted by atomic mass is 35.5. The molecule has 4 heteroatoms. The van der Waals surface area contributed by atoms with Crippen LogP contribution in [0.1, 0.15) is 6.42 Å². The second kappa shape index (κ2) is 7.95. The van der Waals surface area contributed by atoms with Crippen molar-refractivity contribution in [3.63, 3.8) is 0 Å². The average Bonchev–Trinajstić information content (AvgIpc) is 2.57. The van der Waals surface area contributed by atoms with Gasteiger partial charge in [0.05, 0.1) is 0 Å². The Balaban J connectivity index is 0.00000192. The predicted octanol–water partition coefficient (Wildman–Crippen LogP) is 4.04. The smallest absolute Gasteiger partial charge is 0.259 e. The van der Waals surface area contributed by atoms with Gasteiger partial charge in [-0.25, -0.2) is 0 Å². The fourth-order valence-electron chi connectivity index (χ4n) is 2.73. The van der Waals surface area contributed by atoms with Crippen molar-refractivity contribution >= 4 is 29.7 Å². The van der Waals surface area contributed by atoms with Gasteiger partial charge < -0.3 is 4.90 Å². The van der Waals surface area contributed by atoms with Gasteiger partial charge in [-0.2, -0.15) is 0 Å². The number of benzene rings is 2. The maximum Gasteiger partial charge on any atom is 0.259 e. The SMILES string of the molecule is CN1CCC=C(C(=O)N(c2ccccc2)c2ccccc2)C1.Cl. The topological polar surface area (TPSA) is 23.6 Å². The molecule has 1 amide bonds. The Morgan fingerprint density at radius 3 is 1.96 bits per heavy atom. The van der Waals surface area contributed by atoms with Gasteiger partial charge in [0.25, 0.3) is 5.91 Å². The highest BCUT2D eigenvalue weighted by Crippen LogP contribution is 2.27. The van der Waals surface area contributed by atoms with E-state index in [-0.39, 0.29) is 18.3 Å². The molecule has 2 aromatic carbocycles. The van der Waals surface area contributed by atoms with E-state index in [1.807, 2.05) is 60.7 Å².